The van der Waals surface area contributed by atoms with Crippen molar-refractivity contribution in [3.8, 4) is 0 Å². The molecule has 0 saturated carbocycles. The third-order valence-electron chi connectivity index (χ3n) is 5.56. The van der Waals surface area contributed by atoms with Crippen molar-refractivity contribution in [3.63, 3.8) is 0 Å². The van der Waals surface area contributed by atoms with Crippen molar-refractivity contribution in [1.82, 2.24) is 10.8 Å². The van der Waals surface area contributed by atoms with Crippen molar-refractivity contribution < 1.29 is 29.4 Å². The van der Waals surface area contributed by atoms with E-state index < -0.39 is 11.9 Å². The summed E-state index contributed by atoms with van der Waals surface area (Å²) in [6.45, 7) is 6.22. The topological polar surface area (TPSA) is 128 Å². The van der Waals surface area contributed by atoms with E-state index in [0.29, 0.717) is 18.7 Å². The molecule has 2 aromatic carbocycles. The maximum Gasteiger partial charge on any atom is 0.328 e. The number of carboxylic acids is 2. The number of amides is 1. The number of nitrogens with one attached hydrogen (secondary N) is 2. The third-order valence-corrected chi connectivity index (χ3v) is 5.80. The zero-order chi connectivity index (χ0) is 28.6. The van der Waals surface area contributed by atoms with Gasteiger partial charge in [0.15, 0.2) is 0 Å². The smallest absolute Gasteiger partial charge is 0.328 e. The summed E-state index contributed by atoms with van der Waals surface area (Å²) < 4.78 is 0. The van der Waals surface area contributed by atoms with Gasteiger partial charge >= 0.3 is 11.9 Å². The van der Waals surface area contributed by atoms with Crippen LogP contribution >= 0.6 is 11.6 Å². The van der Waals surface area contributed by atoms with Crippen LogP contribution in [0.3, 0.4) is 0 Å². The number of para-hydroxylation sites is 1. The van der Waals surface area contributed by atoms with E-state index in [1.54, 1.807) is 0 Å². The second-order valence-corrected chi connectivity index (χ2v) is 9.45. The second-order valence-electron chi connectivity index (χ2n) is 9.01. The van der Waals surface area contributed by atoms with E-state index in [9.17, 15) is 14.4 Å². The lowest BCUT2D eigenvalue weighted by molar-refractivity contribution is -0.134. The van der Waals surface area contributed by atoms with Gasteiger partial charge in [-0.25, -0.2) is 15.1 Å². The highest BCUT2D eigenvalue weighted by molar-refractivity contribution is 6.30. The molecule has 3 rings (SSSR count). The number of anilines is 2. The van der Waals surface area contributed by atoms with Crippen LogP contribution in [0.15, 0.2) is 66.8 Å². The minimum absolute atomic E-state index is 0.0327. The van der Waals surface area contributed by atoms with E-state index >= 15 is 0 Å². The zero-order valence-corrected chi connectivity index (χ0v) is 23.0. The first-order valence-electron chi connectivity index (χ1n) is 12.8. The van der Waals surface area contributed by atoms with Crippen LogP contribution in [0.1, 0.15) is 37.8 Å². The number of carbonyl (C=O) groups is 3. The fourth-order valence-electron chi connectivity index (χ4n) is 3.85. The zero-order valence-electron chi connectivity index (χ0n) is 22.2. The molecule has 0 aliphatic carbocycles. The summed E-state index contributed by atoms with van der Waals surface area (Å²) in [5.41, 5.74) is 7.64. The number of halogens is 1. The van der Waals surface area contributed by atoms with E-state index in [1.165, 1.54) is 28.6 Å². The van der Waals surface area contributed by atoms with Crippen LogP contribution in [-0.2, 0) is 32.1 Å². The molecule has 0 saturated heterocycles. The van der Waals surface area contributed by atoms with Crippen LogP contribution in [0.4, 0.5) is 11.4 Å². The Morgan fingerprint density at radius 3 is 2.31 bits per heavy atom. The Balaban J connectivity index is 0.000000580. The van der Waals surface area contributed by atoms with Crippen LogP contribution in [0, 0.1) is 0 Å². The fraction of sp³-hybridized carbons (Fsp3) is 0.345. The maximum absolute atomic E-state index is 11.5. The molecule has 9 nitrogen and oxygen atoms in total. The molecule has 39 heavy (non-hydrogen) atoms. The summed E-state index contributed by atoms with van der Waals surface area (Å²) >= 11 is 6.33. The van der Waals surface area contributed by atoms with Gasteiger partial charge in [0.05, 0.1) is 6.10 Å². The summed E-state index contributed by atoms with van der Waals surface area (Å²) in [5, 5.41) is 19.8. The number of nitrogens with zero attached hydrogens (tertiary/aromatic N) is 1. The van der Waals surface area contributed by atoms with Crippen molar-refractivity contribution in [2.45, 2.75) is 45.6 Å². The standard InChI is InChI=1S/C25H32ClN3O2.C4H4O4/c1-19(2)31-28-25(30)10-7-16-27-15-5-6-17-29-23-9-4-3-8-20(23)11-12-21-13-14-22(26)18-24(21)29;5-3(6)1-2-4(7)8/h3-4,7-10,13-14,18-19,27H,5-6,11-12,15-17H2,1-2H3,(H,28,30);1-2H,(H,5,6)(H,7,8)/b10-7+;2-1-. The maximum atomic E-state index is 11.5. The summed E-state index contributed by atoms with van der Waals surface area (Å²) in [6, 6.07) is 14.9. The van der Waals surface area contributed by atoms with E-state index in [4.69, 9.17) is 26.7 Å². The van der Waals surface area contributed by atoms with E-state index in [0.717, 1.165) is 43.8 Å². The molecule has 0 radical (unpaired) electrons. The van der Waals surface area contributed by atoms with Gasteiger partial charge in [0.2, 0.25) is 0 Å². The molecule has 2 aromatic rings. The van der Waals surface area contributed by atoms with Crippen molar-refractivity contribution in [2.75, 3.05) is 24.5 Å². The van der Waals surface area contributed by atoms with Gasteiger partial charge < -0.3 is 20.4 Å². The lowest BCUT2D eigenvalue weighted by Crippen LogP contribution is -2.25. The van der Waals surface area contributed by atoms with Crippen LogP contribution < -0.4 is 15.7 Å². The molecule has 4 N–H and O–H groups in total. The van der Waals surface area contributed by atoms with Gasteiger partial charge in [-0.15, -0.1) is 0 Å². The van der Waals surface area contributed by atoms with Gasteiger partial charge in [-0.3, -0.25) is 9.63 Å². The largest absolute Gasteiger partial charge is 0.478 e. The summed E-state index contributed by atoms with van der Waals surface area (Å²) in [6.07, 6.45) is 8.56. The molecule has 1 amide bonds. The lowest BCUT2D eigenvalue weighted by Gasteiger charge is -2.27. The van der Waals surface area contributed by atoms with Crippen molar-refractivity contribution in [1.29, 1.82) is 0 Å². The van der Waals surface area contributed by atoms with Gasteiger partial charge in [0, 0.05) is 47.7 Å². The molecule has 1 heterocycles. The minimum atomic E-state index is -1.26. The number of benzene rings is 2. The number of carboxylic acid groups (broad SMARTS) is 2. The Morgan fingerprint density at radius 2 is 1.64 bits per heavy atom. The summed E-state index contributed by atoms with van der Waals surface area (Å²) in [7, 11) is 0. The normalized spacial score (nSPS) is 12.5. The molecule has 1 aliphatic heterocycles. The average Bonchev–Trinajstić information content (AvgIpc) is 3.04. The van der Waals surface area contributed by atoms with E-state index in [1.807, 2.05) is 26.0 Å². The van der Waals surface area contributed by atoms with Gasteiger partial charge in [0.1, 0.15) is 0 Å². The Bertz CT molecular complexity index is 1150. The van der Waals surface area contributed by atoms with Gasteiger partial charge in [-0.1, -0.05) is 41.9 Å². The first-order chi connectivity index (χ1) is 18.7. The fourth-order valence-corrected chi connectivity index (χ4v) is 4.02. The average molecular weight is 558 g/mol. The van der Waals surface area contributed by atoms with Gasteiger partial charge in [-0.2, -0.15) is 0 Å². The minimum Gasteiger partial charge on any atom is -0.478 e. The first kappa shape index (κ1) is 31.6. The molecule has 210 valence electrons. The Labute approximate surface area is 234 Å². The SMILES string of the molecule is CC(C)ONC(=O)/C=C/CNCCCCN1c2ccccc2CCc2ccc(Cl)cc21.O=C(O)/C=C\C(=O)O. The molecule has 10 heteroatoms. The molecule has 0 fully saturated rings. The second kappa shape index (κ2) is 17.0. The molecule has 0 unspecified atom stereocenters. The van der Waals surface area contributed by atoms with E-state index in [2.05, 4.69) is 52.1 Å². The number of carbonyl (C=O) groups excluding carboxylic acids is 1. The number of rotatable bonds is 12. The Hall–Kier alpha value is -3.66. The van der Waals surface area contributed by atoms with Crippen LogP contribution in [-0.4, -0.2) is 53.8 Å². The predicted octanol–water partition coefficient (Wildman–Crippen LogP) is 4.67. The Morgan fingerprint density at radius 1 is 0.974 bits per heavy atom. The summed E-state index contributed by atoms with van der Waals surface area (Å²) in [4.78, 5) is 38.1. The first-order valence-corrected chi connectivity index (χ1v) is 13.2. The number of aryl methyl sites for hydroxylation is 2. The van der Waals surface area contributed by atoms with E-state index in [-0.39, 0.29) is 12.0 Å². The highest BCUT2D eigenvalue weighted by Gasteiger charge is 2.20. The number of aliphatic carboxylic acids is 2. The molecule has 0 spiro atoms. The number of hydroxylamine groups is 1. The highest BCUT2D eigenvalue weighted by Crippen LogP contribution is 2.37. The monoisotopic (exact) mass is 557 g/mol. The summed E-state index contributed by atoms with van der Waals surface area (Å²) in [5.74, 6) is -2.76. The number of hydrogen-bond donors (Lipinski definition) is 4. The molecular formula is C29H36ClN3O6. The van der Waals surface area contributed by atoms with Crippen LogP contribution in [0.25, 0.3) is 0 Å². The van der Waals surface area contributed by atoms with Crippen LogP contribution in [0.5, 0.6) is 0 Å². The number of fused-ring (bicyclic) bond motifs is 2. The quantitative estimate of drug-likeness (QED) is 0.168. The number of unbranched alkanes of at least 4 members (excludes halogenated alkanes) is 1. The molecule has 0 bridgehead atoms. The molecule has 0 aromatic heterocycles. The van der Waals surface area contributed by atoms with Crippen molar-refractivity contribution >= 4 is 40.8 Å². The Kier molecular flexibility index (Phi) is 13.8. The van der Waals surface area contributed by atoms with Crippen LogP contribution in [0.2, 0.25) is 5.02 Å². The lowest BCUT2D eigenvalue weighted by atomic mass is 10.0. The number of hydrogen-bond acceptors (Lipinski definition) is 6. The van der Waals surface area contributed by atoms with Gasteiger partial charge in [0.25, 0.3) is 5.91 Å². The highest BCUT2D eigenvalue weighted by atomic mass is 35.5. The molecule has 1 aliphatic rings. The third kappa shape index (κ3) is 12.2. The van der Waals surface area contributed by atoms with Crippen molar-refractivity contribution in [2.24, 2.45) is 0 Å². The van der Waals surface area contributed by atoms with Gasteiger partial charge in [-0.05, 0) is 75.4 Å². The predicted molar refractivity (Wildman–Crippen MR) is 152 cm³/mol. The molecule has 0 atom stereocenters. The van der Waals surface area contributed by atoms with Crippen molar-refractivity contribution in [3.05, 3.63) is 82.9 Å². The molecular weight excluding hydrogens is 522 g/mol.